The molecule has 21 heavy (non-hydrogen) atoms. The molecule has 2 heterocycles. The number of hydrogen-bond donors (Lipinski definition) is 2. The van der Waals surface area contributed by atoms with E-state index in [9.17, 15) is 14.4 Å². The van der Waals surface area contributed by atoms with Gasteiger partial charge in [0.2, 0.25) is 5.91 Å². The number of amides is 4. The molecule has 7 nitrogen and oxygen atoms in total. The minimum Gasteiger partial charge on any atom is -0.345 e. The molecule has 1 fully saturated rings. The number of nitrogens with one attached hydrogen (secondary N) is 2. The highest BCUT2D eigenvalue weighted by molar-refractivity contribution is 7.11. The lowest BCUT2D eigenvalue weighted by atomic mass is 10.2. The molecule has 0 unspecified atom stereocenters. The van der Waals surface area contributed by atoms with Crippen LogP contribution in [0.1, 0.15) is 35.0 Å². The predicted octanol–water partition coefficient (Wildman–Crippen LogP) is 0.879. The molecule has 8 heteroatoms. The van der Waals surface area contributed by atoms with Crippen LogP contribution in [0.25, 0.3) is 0 Å². The zero-order chi connectivity index (χ0) is 15.6. The van der Waals surface area contributed by atoms with Gasteiger partial charge in [-0.15, -0.1) is 11.3 Å². The number of nitrogens with zero attached hydrogens (tertiary/aromatic N) is 2. The summed E-state index contributed by atoms with van der Waals surface area (Å²) >= 11 is 1.55. The summed E-state index contributed by atoms with van der Waals surface area (Å²) in [5.74, 6) is -0.748. The molecule has 0 bridgehead atoms. The van der Waals surface area contributed by atoms with Gasteiger partial charge in [0.1, 0.15) is 11.6 Å². The van der Waals surface area contributed by atoms with Crippen molar-refractivity contribution in [2.75, 3.05) is 13.1 Å². The van der Waals surface area contributed by atoms with Crippen LogP contribution in [0, 0.1) is 13.8 Å². The first-order valence-electron chi connectivity index (χ1n) is 6.73. The summed E-state index contributed by atoms with van der Waals surface area (Å²) in [6, 6.07) is -0.722. The number of carbonyl (C=O) groups is 3. The van der Waals surface area contributed by atoms with Gasteiger partial charge >= 0.3 is 6.03 Å². The van der Waals surface area contributed by atoms with Crippen molar-refractivity contribution >= 4 is 29.2 Å². The Morgan fingerprint density at radius 2 is 2.19 bits per heavy atom. The molecule has 1 aliphatic heterocycles. The molecule has 114 valence electrons. The van der Waals surface area contributed by atoms with E-state index in [1.165, 1.54) is 0 Å². The minimum atomic E-state index is -0.524. The van der Waals surface area contributed by atoms with Gasteiger partial charge in [-0.25, -0.2) is 9.78 Å². The number of rotatable bonds is 5. The first-order chi connectivity index (χ1) is 9.92. The van der Waals surface area contributed by atoms with Crippen molar-refractivity contribution in [3.8, 4) is 0 Å². The van der Waals surface area contributed by atoms with Gasteiger partial charge in [-0.3, -0.25) is 14.5 Å². The molecule has 2 rings (SSSR count). The molecule has 1 aromatic heterocycles. The Morgan fingerprint density at radius 3 is 2.67 bits per heavy atom. The number of aryl methyl sites for hydroxylation is 2. The topological polar surface area (TPSA) is 91.4 Å². The van der Waals surface area contributed by atoms with Gasteiger partial charge in [0.15, 0.2) is 0 Å². The van der Waals surface area contributed by atoms with Crippen molar-refractivity contribution in [1.29, 1.82) is 0 Å². The average molecular weight is 310 g/mol. The maximum absolute atomic E-state index is 12.0. The lowest BCUT2D eigenvalue weighted by molar-refractivity contribution is -0.130. The number of carbonyl (C=O) groups excluding carboxylic acids is 3. The Kier molecular flexibility index (Phi) is 4.56. The van der Waals surface area contributed by atoms with Crippen molar-refractivity contribution in [2.45, 2.75) is 33.2 Å². The van der Waals surface area contributed by atoms with Gasteiger partial charge in [0.05, 0.1) is 18.3 Å². The lowest BCUT2D eigenvalue weighted by Gasteiger charge is -2.17. The number of thiazole rings is 1. The molecule has 4 amide bonds. The van der Waals surface area contributed by atoms with Crippen molar-refractivity contribution in [1.82, 2.24) is 20.5 Å². The molecule has 2 N–H and O–H groups in total. The van der Waals surface area contributed by atoms with Crippen molar-refractivity contribution in [3.05, 3.63) is 15.6 Å². The van der Waals surface area contributed by atoms with E-state index in [-0.39, 0.29) is 30.9 Å². The number of hydrogen-bond acceptors (Lipinski definition) is 5. The van der Waals surface area contributed by atoms with Crippen LogP contribution in [0.4, 0.5) is 4.79 Å². The van der Waals surface area contributed by atoms with Gasteiger partial charge in [-0.2, -0.15) is 0 Å². The zero-order valence-corrected chi connectivity index (χ0v) is 13.0. The minimum absolute atomic E-state index is 0.0474. The molecule has 0 aliphatic carbocycles. The van der Waals surface area contributed by atoms with E-state index in [1.807, 2.05) is 20.8 Å². The zero-order valence-electron chi connectivity index (χ0n) is 12.2. The normalized spacial score (nSPS) is 16.0. The molecule has 1 aliphatic rings. The third-order valence-corrected chi connectivity index (χ3v) is 4.51. The number of urea groups is 1. The van der Waals surface area contributed by atoms with Gasteiger partial charge in [0.25, 0.3) is 5.91 Å². The average Bonchev–Trinajstić information content (AvgIpc) is 2.93. The van der Waals surface area contributed by atoms with E-state index in [1.54, 1.807) is 11.3 Å². The maximum atomic E-state index is 12.0. The van der Waals surface area contributed by atoms with Crippen molar-refractivity contribution in [2.24, 2.45) is 0 Å². The molecule has 0 radical (unpaired) electrons. The number of imide groups is 1. The number of aromatic nitrogens is 1. The third-order valence-electron chi connectivity index (χ3n) is 3.33. The Bertz CT molecular complexity index is 548. The van der Waals surface area contributed by atoms with E-state index >= 15 is 0 Å². The van der Waals surface area contributed by atoms with Gasteiger partial charge in [0, 0.05) is 4.88 Å². The molecular weight excluding hydrogens is 292 g/mol. The smallest absolute Gasteiger partial charge is 0.325 e. The second-order valence-electron chi connectivity index (χ2n) is 4.86. The van der Waals surface area contributed by atoms with Crippen LogP contribution in [0.2, 0.25) is 0 Å². The largest absolute Gasteiger partial charge is 0.345 e. The summed E-state index contributed by atoms with van der Waals surface area (Å²) in [5, 5.41) is 6.05. The second-order valence-corrected chi connectivity index (χ2v) is 6.10. The first-order valence-corrected chi connectivity index (χ1v) is 7.55. The highest BCUT2D eigenvalue weighted by Crippen LogP contribution is 2.24. The van der Waals surface area contributed by atoms with Crippen LogP contribution in [0.15, 0.2) is 0 Å². The molecule has 1 saturated heterocycles. The lowest BCUT2D eigenvalue weighted by Crippen LogP contribution is -2.41. The molecule has 1 atom stereocenters. The summed E-state index contributed by atoms with van der Waals surface area (Å²) in [5.41, 5.74) is 0.955. The Balaban J connectivity index is 2.00. The Hall–Kier alpha value is -1.96. The molecule has 0 aromatic carbocycles. The Labute approximate surface area is 126 Å². The molecule has 0 spiro atoms. The monoisotopic (exact) mass is 310 g/mol. The SMILES string of the molecule is CC[C@@H](NC(=O)CN1C(=O)CNC1=O)c1nc(C)c(C)s1. The highest BCUT2D eigenvalue weighted by Gasteiger charge is 2.30. The van der Waals surface area contributed by atoms with E-state index < -0.39 is 6.03 Å². The fourth-order valence-electron chi connectivity index (χ4n) is 1.98. The van der Waals surface area contributed by atoms with Crippen LogP contribution in [0.5, 0.6) is 0 Å². The summed E-state index contributed by atoms with van der Waals surface area (Å²) in [4.78, 5) is 41.3. The summed E-state index contributed by atoms with van der Waals surface area (Å²) < 4.78 is 0. The fraction of sp³-hybridized carbons (Fsp3) is 0.538. The third kappa shape index (κ3) is 3.38. The summed E-state index contributed by atoms with van der Waals surface area (Å²) in [6.45, 7) is 5.55. The van der Waals surface area contributed by atoms with E-state index in [0.717, 1.165) is 20.5 Å². The van der Waals surface area contributed by atoms with Crippen LogP contribution in [-0.4, -0.2) is 40.8 Å². The fourth-order valence-corrected chi connectivity index (χ4v) is 3.04. The van der Waals surface area contributed by atoms with Crippen molar-refractivity contribution < 1.29 is 14.4 Å². The Morgan fingerprint density at radius 1 is 1.48 bits per heavy atom. The van der Waals surface area contributed by atoms with Crippen LogP contribution < -0.4 is 10.6 Å². The molecule has 0 saturated carbocycles. The standard InChI is InChI=1S/C13H18N4O3S/c1-4-9(12-15-7(2)8(3)21-12)16-10(18)6-17-11(19)5-14-13(17)20/h9H,4-6H2,1-3H3,(H,14,20)(H,16,18)/t9-/m1/s1. The first kappa shape index (κ1) is 15.4. The van der Waals surface area contributed by atoms with Gasteiger partial charge in [-0.1, -0.05) is 6.92 Å². The van der Waals surface area contributed by atoms with Crippen LogP contribution >= 0.6 is 11.3 Å². The predicted molar refractivity (Wildman–Crippen MR) is 77.9 cm³/mol. The van der Waals surface area contributed by atoms with E-state index in [4.69, 9.17) is 0 Å². The highest BCUT2D eigenvalue weighted by atomic mass is 32.1. The van der Waals surface area contributed by atoms with E-state index in [2.05, 4.69) is 15.6 Å². The maximum Gasteiger partial charge on any atom is 0.325 e. The quantitative estimate of drug-likeness (QED) is 0.790. The molecule has 1 aromatic rings. The van der Waals surface area contributed by atoms with Gasteiger partial charge < -0.3 is 10.6 Å². The van der Waals surface area contributed by atoms with Crippen LogP contribution in [-0.2, 0) is 9.59 Å². The summed E-state index contributed by atoms with van der Waals surface area (Å²) in [7, 11) is 0. The van der Waals surface area contributed by atoms with E-state index in [0.29, 0.717) is 6.42 Å². The van der Waals surface area contributed by atoms with Crippen molar-refractivity contribution in [3.63, 3.8) is 0 Å². The molecular formula is C13H18N4O3S. The summed E-state index contributed by atoms with van der Waals surface area (Å²) in [6.07, 6.45) is 0.693. The van der Waals surface area contributed by atoms with Gasteiger partial charge in [-0.05, 0) is 20.3 Å². The van der Waals surface area contributed by atoms with Crippen LogP contribution in [0.3, 0.4) is 0 Å². The second kappa shape index (κ2) is 6.21.